The molecule has 0 radical (unpaired) electrons. The van der Waals surface area contributed by atoms with E-state index in [1.165, 1.54) is 43.4 Å². The lowest BCUT2D eigenvalue weighted by molar-refractivity contribution is -0.119. The van der Waals surface area contributed by atoms with Gasteiger partial charge < -0.3 is 30.5 Å². The standard InChI is InChI=1S/C22H21N3O8/c1-10-4-15-20(26)24-14-8-19(17(31-3)6-12(14)21(27)25(15)9-10)33-32-18-7-13(23)11(22(28)29)5-16(18)30-2/h5-8,15H,1,4,9,23H2,2-3H3,(H,24,26)(H,28,29)/t15-/m0/s1. The Morgan fingerprint density at radius 1 is 1.09 bits per heavy atom. The number of amides is 2. The normalized spacial score (nSPS) is 17.0. The van der Waals surface area contributed by atoms with Crippen molar-refractivity contribution < 1.29 is 38.7 Å². The Morgan fingerprint density at radius 2 is 1.73 bits per heavy atom. The van der Waals surface area contributed by atoms with E-state index >= 15 is 0 Å². The minimum Gasteiger partial charge on any atom is -0.493 e. The van der Waals surface area contributed by atoms with Crippen LogP contribution in [0.5, 0.6) is 23.0 Å². The summed E-state index contributed by atoms with van der Waals surface area (Å²) in [7, 11) is 2.71. The Kier molecular flexibility index (Phi) is 5.46. The SMILES string of the molecule is C=C1C[C@H]2C(=O)Nc3cc(OOc4cc(N)c(C(=O)O)cc4OC)c(OC)cc3C(=O)N2C1. The van der Waals surface area contributed by atoms with Crippen LogP contribution in [0, 0.1) is 0 Å². The van der Waals surface area contributed by atoms with E-state index in [2.05, 4.69) is 11.9 Å². The van der Waals surface area contributed by atoms with E-state index < -0.39 is 12.0 Å². The van der Waals surface area contributed by atoms with Crippen LogP contribution in [0.25, 0.3) is 0 Å². The first-order chi connectivity index (χ1) is 15.7. The number of methoxy groups -OCH3 is 2. The summed E-state index contributed by atoms with van der Waals surface area (Å²) in [5, 5.41) is 12.0. The fraction of sp³-hybridized carbons (Fsp3) is 0.227. The van der Waals surface area contributed by atoms with Crippen LogP contribution in [0.3, 0.4) is 0 Å². The molecule has 1 fully saturated rings. The van der Waals surface area contributed by atoms with Gasteiger partial charge in [0.1, 0.15) is 6.04 Å². The van der Waals surface area contributed by atoms with Gasteiger partial charge in [0.15, 0.2) is 11.5 Å². The number of nitrogen functional groups attached to an aromatic ring is 1. The largest absolute Gasteiger partial charge is 0.493 e. The number of carboxylic acids is 1. The molecular weight excluding hydrogens is 434 g/mol. The Morgan fingerprint density at radius 3 is 2.36 bits per heavy atom. The first-order valence-corrected chi connectivity index (χ1v) is 9.79. The van der Waals surface area contributed by atoms with E-state index in [0.717, 1.165) is 5.57 Å². The summed E-state index contributed by atoms with van der Waals surface area (Å²) in [6.07, 6.45) is 0.392. The molecule has 172 valence electrons. The van der Waals surface area contributed by atoms with Gasteiger partial charge in [-0.15, -0.1) is 0 Å². The van der Waals surface area contributed by atoms with Crippen LogP contribution in [-0.2, 0) is 4.79 Å². The molecule has 33 heavy (non-hydrogen) atoms. The van der Waals surface area contributed by atoms with E-state index in [1.54, 1.807) is 0 Å². The average molecular weight is 455 g/mol. The van der Waals surface area contributed by atoms with Crippen LogP contribution in [0.1, 0.15) is 27.1 Å². The Labute approximate surface area is 188 Å². The summed E-state index contributed by atoms with van der Waals surface area (Å²) in [5.74, 6) is -1.60. The number of carboxylic acid groups (broad SMARTS) is 1. The second-order valence-electron chi connectivity index (χ2n) is 7.50. The van der Waals surface area contributed by atoms with Gasteiger partial charge in [-0.1, -0.05) is 12.2 Å². The Bertz CT molecular complexity index is 1190. The van der Waals surface area contributed by atoms with Crippen molar-refractivity contribution in [2.75, 3.05) is 31.8 Å². The maximum Gasteiger partial charge on any atom is 0.337 e. The molecule has 4 rings (SSSR count). The van der Waals surface area contributed by atoms with Gasteiger partial charge in [0.2, 0.25) is 17.4 Å². The fourth-order valence-corrected chi connectivity index (χ4v) is 3.76. The number of hydrogen-bond acceptors (Lipinski definition) is 8. The zero-order chi connectivity index (χ0) is 23.9. The van der Waals surface area contributed by atoms with Crippen molar-refractivity contribution in [2.45, 2.75) is 12.5 Å². The summed E-state index contributed by atoms with van der Waals surface area (Å²) in [4.78, 5) is 49.2. The number of anilines is 2. The van der Waals surface area contributed by atoms with Crippen molar-refractivity contribution in [1.29, 1.82) is 0 Å². The van der Waals surface area contributed by atoms with E-state index in [0.29, 0.717) is 13.0 Å². The maximum atomic E-state index is 13.1. The molecule has 2 heterocycles. The highest BCUT2D eigenvalue weighted by Gasteiger charge is 2.40. The van der Waals surface area contributed by atoms with Crippen molar-refractivity contribution in [3.8, 4) is 23.0 Å². The zero-order valence-corrected chi connectivity index (χ0v) is 17.8. The van der Waals surface area contributed by atoms with Gasteiger partial charge in [0.25, 0.3) is 5.91 Å². The molecule has 1 saturated heterocycles. The highest BCUT2D eigenvalue weighted by atomic mass is 17.2. The van der Waals surface area contributed by atoms with Crippen molar-refractivity contribution >= 4 is 29.2 Å². The van der Waals surface area contributed by atoms with Crippen LogP contribution in [0.2, 0.25) is 0 Å². The van der Waals surface area contributed by atoms with Gasteiger partial charge in [-0.2, -0.15) is 0 Å². The van der Waals surface area contributed by atoms with Crippen LogP contribution in [-0.4, -0.2) is 54.6 Å². The van der Waals surface area contributed by atoms with E-state index in [-0.39, 0.29) is 57.3 Å². The summed E-state index contributed by atoms with van der Waals surface area (Å²) in [6, 6.07) is 4.65. The lowest BCUT2D eigenvalue weighted by Gasteiger charge is -2.19. The molecule has 2 amide bonds. The third-order valence-electron chi connectivity index (χ3n) is 5.40. The first kappa shape index (κ1) is 21.8. The number of nitrogens with one attached hydrogen (secondary N) is 1. The number of hydrogen-bond donors (Lipinski definition) is 3. The molecule has 0 bridgehead atoms. The molecule has 0 aromatic heterocycles. The molecule has 1 atom stereocenters. The van der Waals surface area contributed by atoms with E-state index in [4.69, 9.17) is 25.0 Å². The number of aromatic carboxylic acids is 1. The molecule has 0 spiro atoms. The van der Waals surface area contributed by atoms with Crippen molar-refractivity contribution in [1.82, 2.24) is 4.90 Å². The first-order valence-electron chi connectivity index (χ1n) is 9.79. The highest BCUT2D eigenvalue weighted by Crippen LogP contribution is 2.39. The molecule has 0 aliphatic carbocycles. The maximum absolute atomic E-state index is 13.1. The number of ether oxygens (including phenoxy) is 2. The molecule has 0 unspecified atom stereocenters. The quantitative estimate of drug-likeness (QED) is 0.257. The number of benzene rings is 2. The van der Waals surface area contributed by atoms with Crippen LogP contribution < -0.4 is 30.3 Å². The number of carbonyl (C=O) groups excluding carboxylic acids is 2. The van der Waals surface area contributed by atoms with Gasteiger partial charge in [0, 0.05) is 24.7 Å². The Balaban J connectivity index is 1.66. The molecule has 0 saturated carbocycles. The van der Waals surface area contributed by atoms with Crippen molar-refractivity contribution in [3.05, 3.63) is 47.5 Å². The highest BCUT2D eigenvalue weighted by molar-refractivity contribution is 6.11. The number of nitrogens with zero attached hydrogens (tertiary/aromatic N) is 1. The second-order valence-corrected chi connectivity index (χ2v) is 7.50. The molecule has 2 aromatic rings. The third kappa shape index (κ3) is 3.84. The van der Waals surface area contributed by atoms with Gasteiger partial charge >= 0.3 is 5.97 Å². The predicted molar refractivity (Wildman–Crippen MR) is 116 cm³/mol. The van der Waals surface area contributed by atoms with Gasteiger partial charge in [-0.25, -0.2) is 4.79 Å². The van der Waals surface area contributed by atoms with Crippen LogP contribution in [0.4, 0.5) is 11.4 Å². The minimum atomic E-state index is -1.23. The summed E-state index contributed by atoms with van der Waals surface area (Å²) in [5.41, 5.74) is 6.82. The third-order valence-corrected chi connectivity index (χ3v) is 5.40. The van der Waals surface area contributed by atoms with Gasteiger partial charge in [-0.05, 0) is 12.5 Å². The number of nitrogens with two attached hydrogens (primary N) is 1. The van der Waals surface area contributed by atoms with E-state index in [9.17, 15) is 19.5 Å². The van der Waals surface area contributed by atoms with E-state index in [1.807, 2.05) is 0 Å². The number of fused-ring (bicyclic) bond motifs is 2. The number of carbonyl (C=O) groups is 3. The second kappa shape index (κ2) is 8.26. The van der Waals surface area contributed by atoms with Gasteiger partial charge in [-0.3, -0.25) is 19.4 Å². The number of rotatable bonds is 6. The average Bonchev–Trinajstić information content (AvgIpc) is 3.15. The summed E-state index contributed by atoms with van der Waals surface area (Å²) in [6.45, 7) is 4.18. The molecule has 11 nitrogen and oxygen atoms in total. The van der Waals surface area contributed by atoms with Crippen molar-refractivity contribution in [2.24, 2.45) is 0 Å². The zero-order valence-electron chi connectivity index (χ0n) is 17.8. The smallest absolute Gasteiger partial charge is 0.337 e. The molecular formula is C22H21N3O8. The minimum absolute atomic E-state index is 0.0104. The fourth-order valence-electron chi connectivity index (χ4n) is 3.76. The molecule has 2 aromatic carbocycles. The lowest BCUT2D eigenvalue weighted by atomic mass is 10.1. The Hall–Kier alpha value is -4.41. The lowest BCUT2D eigenvalue weighted by Crippen LogP contribution is -2.40. The molecule has 4 N–H and O–H groups in total. The molecule has 2 aliphatic heterocycles. The topological polar surface area (TPSA) is 150 Å². The van der Waals surface area contributed by atoms with Crippen LogP contribution in [0.15, 0.2) is 36.4 Å². The summed E-state index contributed by atoms with van der Waals surface area (Å²) >= 11 is 0. The molecule has 2 aliphatic rings. The monoisotopic (exact) mass is 455 g/mol. The van der Waals surface area contributed by atoms with Crippen LogP contribution >= 0.6 is 0 Å². The summed E-state index contributed by atoms with van der Waals surface area (Å²) < 4.78 is 10.5. The van der Waals surface area contributed by atoms with Gasteiger partial charge in [0.05, 0.1) is 36.7 Å². The predicted octanol–water partition coefficient (Wildman–Crippen LogP) is 2.08. The molecule has 11 heteroatoms. The van der Waals surface area contributed by atoms with Crippen molar-refractivity contribution in [3.63, 3.8) is 0 Å².